The monoisotopic (exact) mass is 285 g/mol. The normalized spacial score (nSPS) is 12.2. The second-order valence-electron chi connectivity index (χ2n) is 5.30. The minimum absolute atomic E-state index is 0.0515. The minimum atomic E-state index is -0.0515. The molecule has 0 heterocycles. The van der Waals surface area contributed by atoms with E-state index in [2.05, 4.69) is 0 Å². The summed E-state index contributed by atoms with van der Waals surface area (Å²) >= 11 is 0. The van der Waals surface area contributed by atoms with Crippen LogP contribution in [-0.4, -0.2) is 12.7 Å². The zero-order chi connectivity index (χ0) is 15.1. The standard InChI is InChI=1S/C18H23NO2/c1-14(2)21-17-10-6-7-15(13-17)18(19)11-12-20-16-8-4-3-5-9-16/h3-10,13-14,18H,11-12,19H2,1-2H3. The van der Waals surface area contributed by atoms with Gasteiger partial charge in [-0.05, 0) is 43.7 Å². The van der Waals surface area contributed by atoms with Gasteiger partial charge in [-0.1, -0.05) is 30.3 Å². The lowest BCUT2D eigenvalue weighted by molar-refractivity contribution is 0.242. The summed E-state index contributed by atoms with van der Waals surface area (Å²) in [6, 6.07) is 17.7. The van der Waals surface area contributed by atoms with E-state index in [1.165, 1.54) is 0 Å². The summed E-state index contributed by atoms with van der Waals surface area (Å²) in [7, 11) is 0. The summed E-state index contributed by atoms with van der Waals surface area (Å²) in [4.78, 5) is 0. The van der Waals surface area contributed by atoms with Crippen molar-refractivity contribution in [2.45, 2.75) is 32.4 Å². The first-order valence-electron chi connectivity index (χ1n) is 7.35. The molecule has 0 fully saturated rings. The van der Waals surface area contributed by atoms with Crippen LogP contribution in [-0.2, 0) is 0 Å². The second-order valence-corrected chi connectivity index (χ2v) is 5.30. The molecular formula is C18H23NO2. The van der Waals surface area contributed by atoms with E-state index in [9.17, 15) is 0 Å². The van der Waals surface area contributed by atoms with Crippen LogP contribution in [0.4, 0.5) is 0 Å². The predicted molar refractivity (Wildman–Crippen MR) is 85.7 cm³/mol. The number of rotatable bonds is 7. The fourth-order valence-electron chi connectivity index (χ4n) is 2.08. The third-order valence-corrected chi connectivity index (χ3v) is 3.10. The van der Waals surface area contributed by atoms with Crippen molar-refractivity contribution >= 4 is 0 Å². The maximum atomic E-state index is 6.22. The molecule has 0 saturated heterocycles. The van der Waals surface area contributed by atoms with Gasteiger partial charge in [0.05, 0.1) is 12.7 Å². The SMILES string of the molecule is CC(C)Oc1cccc(C(N)CCOc2ccccc2)c1. The summed E-state index contributed by atoms with van der Waals surface area (Å²) in [6.45, 7) is 4.63. The van der Waals surface area contributed by atoms with Crippen molar-refractivity contribution in [3.8, 4) is 11.5 Å². The van der Waals surface area contributed by atoms with Gasteiger partial charge in [0.15, 0.2) is 0 Å². The van der Waals surface area contributed by atoms with E-state index >= 15 is 0 Å². The Labute approximate surface area is 126 Å². The Kier molecular flexibility index (Phi) is 5.64. The molecule has 2 aromatic rings. The Morgan fingerprint density at radius 1 is 0.952 bits per heavy atom. The Bertz CT molecular complexity index is 540. The maximum absolute atomic E-state index is 6.22. The smallest absolute Gasteiger partial charge is 0.120 e. The van der Waals surface area contributed by atoms with Crippen LogP contribution in [0, 0.1) is 0 Å². The largest absolute Gasteiger partial charge is 0.494 e. The third kappa shape index (κ3) is 5.12. The highest BCUT2D eigenvalue weighted by Gasteiger charge is 2.08. The average Bonchev–Trinajstić information content (AvgIpc) is 2.48. The Hall–Kier alpha value is -2.00. The van der Waals surface area contributed by atoms with Crippen LogP contribution < -0.4 is 15.2 Å². The molecule has 1 atom stereocenters. The van der Waals surface area contributed by atoms with E-state index in [1.807, 2.05) is 68.4 Å². The Morgan fingerprint density at radius 2 is 1.67 bits per heavy atom. The summed E-state index contributed by atoms with van der Waals surface area (Å²) < 4.78 is 11.4. The van der Waals surface area contributed by atoms with Crippen LogP contribution in [0.2, 0.25) is 0 Å². The van der Waals surface area contributed by atoms with Crippen LogP contribution in [0.1, 0.15) is 31.9 Å². The number of benzene rings is 2. The van der Waals surface area contributed by atoms with Gasteiger partial charge >= 0.3 is 0 Å². The van der Waals surface area contributed by atoms with Crippen LogP contribution in [0.25, 0.3) is 0 Å². The van der Waals surface area contributed by atoms with E-state index in [0.29, 0.717) is 6.61 Å². The van der Waals surface area contributed by atoms with Crippen molar-refractivity contribution in [2.75, 3.05) is 6.61 Å². The molecular weight excluding hydrogens is 262 g/mol. The summed E-state index contributed by atoms with van der Waals surface area (Å²) in [6.07, 6.45) is 0.929. The van der Waals surface area contributed by atoms with Crippen LogP contribution in [0.15, 0.2) is 54.6 Å². The number of nitrogens with two attached hydrogens (primary N) is 1. The molecule has 2 N–H and O–H groups in total. The highest BCUT2D eigenvalue weighted by molar-refractivity contribution is 5.30. The van der Waals surface area contributed by atoms with Gasteiger partial charge in [-0.2, -0.15) is 0 Å². The lowest BCUT2D eigenvalue weighted by atomic mass is 10.0. The number of hydrogen-bond acceptors (Lipinski definition) is 3. The minimum Gasteiger partial charge on any atom is -0.494 e. The van der Waals surface area contributed by atoms with Crippen molar-refractivity contribution in [3.63, 3.8) is 0 Å². The predicted octanol–water partition coefficient (Wildman–Crippen LogP) is 3.94. The van der Waals surface area contributed by atoms with E-state index in [0.717, 1.165) is 23.5 Å². The van der Waals surface area contributed by atoms with Gasteiger partial charge < -0.3 is 15.2 Å². The van der Waals surface area contributed by atoms with E-state index in [4.69, 9.17) is 15.2 Å². The fraction of sp³-hybridized carbons (Fsp3) is 0.333. The van der Waals surface area contributed by atoms with Crippen molar-refractivity contribution in [2.24, 2.45) is 5.73 Å². The summed E-state index contributed by atoms with van der Waals surface area (Å²) in [5.41, 5.74) is 7.30. The van der Waals surface area contributed by atoms with Gasteiger partial charge in [-0.15, -0.1) is 0 Å². The molecule has 0 aliphatic carbocycles. The molecule has 112 valence electrons. The third-order valence-electron chi connectivity index (χ3n) is 3.10. The van der Waals surface area contributed by atoms with Crippen LogP contribution in [0.5, 0.6) is 11.5 Å². The van der Waals surface area contributed by atoms with E-state index in [-0.39, 0.29) is 12.1 Å². The van der Waals surface area contributed by atoms with Gasteiger partial charge in [-0.25, -0.2) is 0 Å². The molecule has 0 amide bonds. The topological polar surface area (TPSA) is 44.5 Å². The number of para-hydroxylation sites is 1. The Balaban J connectivity index is 1.86. The van der Waals surface area contributed by atoms with E-state index in [1.54, 1.807) is 0 Å². The van der Waals surface area contributed by atoms with Gasteiger partial charge in [0.1, 0.15) is 11.5 Å². The molecule has 2 aromatic carbocycles. The zero-order valence-corrected chi connectivity index (χ0v) is 12.7. The highest BCUT2D eigenvalue weighted by Crippen LogP contribution is 2.21. The van der Waals surface area contributed by atoms with Gasteiger partial charge in [-0.3, -0.25) is 0 Å². The average molecular weight is 285 g/mol. The second kappa shape index (κ2) is 7.70. The first-order valence-corrected chi connectivity index (χ1v) is 7.35. The molecule has 3 heteroatoms. The summed E-state index contributed by atoms with van der Waals surface area (Å²) in [5.74, 6) is 1.74. The van der Waals surface area contributed by atoms with E-state index < -0.39 is 0 Å². The fourth-order valence-corrected chi connectivity index (χ4v) is 2.08. The number of hydrogen-bond donors (Lipinski definition) is 1. The van der Waals surface area contributed by atoms with Gasteiger partial charge in [0.2, 0.25) is 0 Å². The molecule has 3 nitrogen and oxygen atoms in total. The first-order chi connectivity index (χ1) is 10.1. The molecule has 21 heavy (non-hydrogen) atoms. The molecule has 0 spiro atoms. The van der Waals surface area contributed by atoms with Crippen LogP contribution >= 0.6 is 0 Å². The van der Waals surface area contributed by atoms with Crippen molar-refractivity contribution in [3.05, 3.63) is 60.2 Å². The molecule has 0 radical (unpaired) electrons. The molecule has 0 aliphatic rings. The lowest BCUT2D eigenvalue weighted by Gasteiger charge is -2.15. The van der Waals surface area contributed by atoms with Crippen molar-refractivity contribution in [1.29, 1.82) is 0 Å². The first kappa shape index (κ1) is 15.4. The highest BCUT2D eigenvalue weighted by atomic mass is 16.5. The zero-order valence-electron chi connectivity index (χ0n) is 12.7. The summed E-state index contributed by atoms with van der Waals surface area (Å²) in [5, 5.41) is 0. The Morgan fingerprint density at radius 3 is 2.38 bits per heavy atom. The number of ether oxygens (including phenoxy) is 2. The van der Waals surface area contributed by atoms with Crippen molar-refractivity contribution in [1.82, 2.24) is 0 Å². The van der Waals surface area contributed by atoms with Crippen molar-refractivity contribution < 1.29 is 9.47 Å². The quantitative estimate of drug-likeness (QED) is 0.838. The molecule has 0 aliphatic heterocycles. The molecule has 0 aromatic heterocycles. The molecule has 1 unspecified atom stereocenters. The lowest BCUT2D eigenvalue weighted by Crippen LogP contribution is -2.14. The molecule has 0 bridgehead atoms. The molecule has 0 saturated carbocycles. The molecule has 2 rings (SSSR count). The van der Waals surface area contributed by atoms with Gasteiger partial charge in [0.25, 0.3) is 0 Å². The van der Waals surface area contributed by atoms with Crippen LogP contribution in [0.3, 0.4) is 0 Å². The van der Waals surface area contributed by atoms with Gasteiger partial charge in [0, 0.05) is 12.5 Å². The maximum Gasteiger partial charge on any atom is 0.120 e.